The predicted molar refractivity (Wildman–Crippen MR) is 92.5 cm³/mol. The van der Waals surface area contributed by atoms with Crippen LogP contribution in [0.1, 0.15) is 21.1 Å². The van der Waals surface area contributed by atoms with E-state index in [1.54, 1.807) is 24.5 Å². The van der Waals surface area contributed by atoms with Gasteiger partial charge in [0, 0.05) is 30.5 Å². The zero-order chi connectivity index (χ0) is 16.9. The van der Waals surface area contributed by atoms with E-state index in [0.717, 1.165) is 15.6 Å². The molecule has 1 amide bonds. The molecule has 3 aromatic heterocycles. The molecule has 0 spiro atoms. The van der Waals surface area contributed by atoms with Crippen LogP contribution < -0.4 is 10.9 Å². The number of thiazole rings is 1. The van der Waals surface area contributed by atoms with Crippen LogP contribution >= 0.6 is 11.3 Å². The van der Waals surface area contributed by atoms with E-state index in [1.807, 2.05) is 18.2 Å². The molecule has 0 aliphatic carbocycles. The number of pyridine rings is 1. The second-order valence-electron chi connectivity index (χ2n) is 4.71. The van der Waals surface area contributed by atoms with E-state index in [4.69, 9.17) is 0 Å². The van der Waals surface area contributed by atoms with E-state index in [1.165, 1.54) is 24.6 Å². The van der Waals surface area contributed by atoms with Gasteiger partial charge in [0.2, 0.25) is 0 Å². The minimum absolute atomic E-state index is 0.0233. The summed E-state index contributed by atoms with van der Waals surface area (Å²) in [5.74, 6) is -0.109. The first-order valence-corrected chi connectivity index (χ1v) is 7.86. The van der Waals surface area contributed by atoms with Crippen molar-refractivity contribution in [3.63, 3.8) is 0 Å². The number of hydrogen-bond acceptors (Lipinski definition) is 6. The van der Waals surface area contributed by atoms with Gasteiger partial charge < -0.3 is 10.3 Å². The number of aromatic amines is 1. The molecule has 3 heterocycles. The lowest BCUT2D eigenvalue weighted by atomic mass is 10.3. The van der Waals surface area contributed by atoms with Crippen LogP contribution in [-0.2, 0) is 0 Å². The lowest BCUT2D eigenvalue weighted by molar-refractivity contribution is 0.0961. The molecule has 0 aliphatic heterocycles. The van der Waals surface area contributed by atoms with Crippen LogP contribution in [0.3, 0.4) is 0 Å². The average molecular weight is 339 g/mol. The highest BCUT2D eigenvalue weighted by Crippen LogP contribution is 2.24. The maximum atomic E-state index is 11.8. The molecular weight excluding hydrogens is 326 g/mol. The topological polar surface area (TPSA) is 101 Å². The van der Waals surface area contributed by atoms with Crippen molar-refractivity contribution >= 4 is 29.4 Å². The lowest BCUT2D eigenvalue weighted by Crippen LogP contribution is -2.27. The fourth-order valence-electron chi connectivity index (χ4n) is 1.92. The second-order valence-corrected chi connectivity index (χ2v) is 5.77. The number of nitrogens with zero attached hydrogens (tertiary/aromatic N) is 3. The molecule has 0 fully saturated rings. The molecule has 0 aliphatic rings. The number of hydrogen-bond donors (Lipinski definition) is 2. The van der Waals surface area contributed by atoms with Crippen molar-refractivity contribution < 1.29 is 4.79 Å². The van der Waals surface area contributed by atoms with Gasteiger partial charge in [-0.15, -0.1) is 11.3 Å². The maximum Gasteiger partial charge on any atom is 0.263 e. The van der Waals surface area contributed by atoms with Gasteiger partial charge in [-0.2, -0.15) is 0 Å². The van der Waals surface area contributed by atoms with Gasteiger partial charge in [-0.1, -0.05) is 6.07 Å². The third-order valence-corrected chi connectivity index (χ3v) is 4.09. The standard InChI is InChI=1S/C16H13N5O2S/c1-17-14(22)11-9-19-13(21-15(11)23)6-5-10-8-20-16(24-10)12-4-2-3-7-18-12/h2-9H,1H3,(H,17,22)(H,19,21,23). The number of aromatic nitrogens is 4. The molecule has 120 valence electrons. The molecule has 7 nitrogen and oxygen atoms in total. The van der Waals surface area contributed by atoms with Crippen molar-refractivity contribution in [2.75, 3.05) is 7.05 Å². The summed E-state index contributed by atoms with van der Waals surface area (Å²) in [7, 11) is 1.46. The van der Waals surface area contributed by atoms with Gasteiger partial charge in [-0.05, 0) is 24.3 Å². The molecule has 0 aromatic carbocycles. The minimum Gasteiger partial charge on any atom is -0.355 e. The summed E-state index contributed by atoms with van der Waals surface area (Å²) in [5, 5.41) is 3.20. The van der Waals surface area contributed by atoms with E-state index in [2.05, 4.69) is 25.3 Å². The van der Waals surface area contributed by atoms with Gasteiger partial charge in [0.1, 0.15) is 16.4 Å². The SMILES string of the molecule is CNC(=O)c1cnc(C=Cc2cnc(-c3ccccn3)s2)[nH]c1=O. The van der Waals surface area contributed by atoms with Crippen molar-refractivity contribution in [3.05, 3.63) is 63.4 Å². The summed E-state index contributed by atoms with van der Waals surface area (Å²) in [6.07, 6.45) is 8.15. The Morgan fingerprint density at radius 3 is 2.79 bits per heavy atom. The van der Waals surface area contributed by atoms with E-state index in [9.17, 15) is 9.59 Å². The number of carbonyl (C=O) groups is 1. The first kappa shape index (κ1) is 15.8. The molecule has 8 heteroatoms. The smallest absolute Gasteiger partial charge is 0.263 e. The fraction of sp³-hybridized carbons (Fsp3) is 0.0625. The van der Waals surface area contributed by atoms with Crippen LogP contribution in [-0.4, -0.2) is 32.9 Å². The summed E-state index contributed by atoms with van der Waals surface area (Å²) in [5.41, 5.74) is 0.302. The number of carbonyl (C=O) groups excluding carboxylic acids is 1. The Bertz CT molecular complexity index is 946. The second kappa shape index (κ2) is 6.97. The molecule has 0 atom stereocenters. The zero-order valence-corrected chi connectivity index (χ0v) is 13.5. The maximum absolute atomic E-state index is 11.8. The molecular formula is C16H13N5O2S. The van der Waals surface area contributed by atoms with E-state index in [0.29, 0.717) is 5.82 Å². The highest BCUT2D eigenvalue weighted by Gasteiger charge is 2.09. The Morgan fingerprint density at radius 2 is 2.08 bits per heavy atom. The van der Waals surface area contributed by atoms with E-state index >= 15 is 0 Å². The number of rotatable bonds is 4. The molecule has 0 unspecified atom stereocenters. The molecule has 2 N–H and O–H groups in total. The molecule has 0 radical (unpaired) electrons. The summed E-state index contributed by atoms with van der Waals surface area (Å²) in [6, 6.07) is 5.65. The van der Waals surface area contributed by atoms with Gasteiger partial charge in [0.25, 0.3) is 11.5 Å². The summed E-state index contributed by atoms with van der Waals surface area (Å²) in [6.45, 7) is 0. The van der Waals surface area contributed by atoms with Crippen LogP contribution in [0.25, 0.3) is 22.9 Å². The van der Waals surface area contributed by atoms with Gasteiger partial charge in [-0.3, -0.25) is 14.6 Å². The van der Waals surface area contributed by atoms with Crippen LogP contribution in [0, 0.1) is 0 Å². The molecule has 0 saturated carbocycles. The van der Waals surface area contributed by atoms with Crippen molar-refractivity contribution in [1.29, 1.82) is 0 Å². The fourth-order valence-corrected chi connectivity index (χ4v) is 2.72. The lowest BCUT2D eigenvalue weighted by Gasteiger charge is -1.98. The van der Waals surface area contributed by atoms with Crippen LogP contribution in [0.15, 0.2) is 41.6 Å². The highest BCUT2D eigenvalue weighted by molar-refractivity contribution is 7.15. The van der Waals surface area contributed by atoms with Gasteiger partial charge in [-0.25, -0.2) is 9.97 Å². The largest absolute Gasteiger partial charge is 0.355 e. The third kappa shape index (κ3) is 3.44. The van der Waals surface area contributed by atoms with E-state index < -0.39 is 11.5 Å². The Morgan fingerprint density at radius 1 is 1.21 bits per heavy atom. The summed E-state index contributed by atoms with van der Waals surface area (Å²) < 4.78 is 0. The Labute approximate surface area is 141 Å². The normalized spacial score (nSPS) is 10.9. The van der Waals surface area contributed by atoms with Gasteiger partial charge in [0.05, 0.1) is 5.69 Å². The van der Waals surface area contributed by atoms with E-state index in [-0.39, 0.29) is 5.56 Å². The molecule has 0 saturated heterocycles. The average Bonchev–Trinajstić information content (AvgIpc) is 3.09. The molecule has 3 rings (SSSR count). The Kier molecular flexibility index (Phi) is 4.57. The van der Waals surface area contributed by atoms with Crippen molar-refractivity contribution in [3.8, 4) is 10.7 Å². The predicted octanol–water partition coefficient (Wildman–Crippen LogP) is 1.82. The highest BCUT2D eigenvalue weighted by atomic mass is 32.1. The Balaban J connectivity index is 1.79. The number of amides is 1. The van der Waals surface area contributed by atoms with Crippen molar-refractivity contribution in [1.82, 2.24) is 25.3 Å². The van der Waals surface area contributed by atoms with Crippen LogP contribution in [0.2, 0.25) is 0 Å². The third-order valence-electron chi connectivity index (χ3n) is 3.10. The number of nitrogens with one attached hydrogen (secondary N) is 2. The van der Waals surface area contributed by atoms with Gasteiger partial charge in [0.15, 0.2) is 0 Å². The monoisotopic (exact) mass is 339 g/mol. The molecule has 3 aromatic rings. The quantitative estimate of drug-likeness (QED) is 0.755. The zero-order valence-electron chi connectivity index (χ0n) is 12.7. The number of H-pyrrole nitrogens is 1. The Hall–Kier alpha value is -3.13. The van der Waals surface area contributed by atoms with Crippen LogP contribution in [0.5, 0.6) is 0 Å². The van der Waals surface area contributed by atoms with Gasteiger partial charge >= 0.3 is 0 Å². The van der Waals surface area contributed by atoms with Crippen molar-refractivity contribution in [2.24, 2.45) is 0 Å². The molecule has 0 bridgehead atoms. The first-order chi connectivity index (χ1) is 11.7. The summed E-state index contributed by atoms with van der Waals surface area (Å²) >= 11 is 1.48. The minimum atomic E-state index is -0.484. The van der Waals surface area contributed by atoms with Crippen LogP contribution in [0.4, 0.5) is 0 Å². The summed E-state index contributed by atoms with van der Waals surface area (Å²) in [4.78, 5) is 39.4. The molecule has 24 heavy (non-hydrogen) atoms. The first-order valence-electron chi connectivity index (χ1n) is 7.04. The van der Waals surface area contributed by atoms with Crippen molar-refractivity contribution in [2.45, 2.75) is 0 Å².